The van der Waals surface area contributed by atoms with Crippen LogP contribution in [0.15, 0.2) is 18.2 Å². The van der Waals surface area contributed by atoms with Crippen LogP contribution in [0.3, 0.4) is 0 Å². The van der Waals surface area contributed by atoms with Gasteiger partial charge in [-0.05, 0) is 30.4 Å². The van der Waals surface area contributed by atoms with Crippen molar-refractivity contribution in [3.63, 3.8) is 0 Å². The third kappa shape index (κ3) is 6.38. The van der Waals surface area contributed by atoms with Crippen molar-refractivity contribution in [1.82, 2.24) is 5.32 Å². The number of para-hydroxylation sites is 1. The van der Waals surface area contributed by atoms with Crippen LogP contribution in [-0.2, 0) is 6.54 Å². The summed E-state index contributed by atoms with van der Waals surface area (Å²) in [5.74, 6) is 0.699. The highest BCUT2D eigenvalue weighted by Gasteiger charge is 2.13. The van der Waals surface area contributed by atoms with E-state index >= 15 is 0 Å². The molecular weight excluding hydrogens is 253 g/mol. The Bertz CT molecular complexity index is 410. The average molecular weight is 281 g/mol. The Hall–Kier alpha value is -1.09. The summed E-state index contributed by atoms with van der Waals surface area (Å²) in [7, 11) is 0. The molecule has 0 amide bonds. The lowest BCUT2D eigenvalue weighted by Crippen LogP contribution is -2.20. The van der Waals surface area contributed by atoms with Gasteiger partial charge in [-0.15, -0.1) is 0 Å². The molecule has 0 fully saturated rings. The molecule has 0 unspecified atom stereocenters. The van der Waals surface area contributed by atoms with Gasteiger partial charge in [-0.3, -0.25) is 0 Å². The van der Waals surface area contributed by atoms with Crippen molar-refractivity contribution < 1.29 is 9.13 Å². The summed E-state index contributed by atoms with van der Waals surface area (Å²) in [6.45, 7) is 12.9. The molecule has 0 atom stereocenters. The smallest absolute Gasteiger partial charge is 0.165 e. The molecule has 114 valence electrons. The van der Waals surface area contributed by atoms with Gasteiger partial charge in [-0.1, -0.05) is 46.8 Å². The van der Waals surface area contributed by atoms with Crippen LogP contribution < -0.4 is 10.1 Å². The van der Waals surface area contributed by atoms with Gasteiger partial charge in [0, 0.05) is 12.1 Å². The largest absolute Gasteiger partial charge is 0.490 e. The zero-order chi connectivity index (χ0) is 15.2. The SMILES string of the molecule is CC(C)CNCc1cccc(F)c1OCCC(C)(C)C. The number of hydrogen-bond acceptors (Lipinski definition) is 2. The van der Waals surface area contributed by atoms with Crippen molar-refractivity contribution in [2.24, 2.45) is 11.3 Å². The summed E-state index contributed by atoms with van der Waals surface area (Å²) in [5, 5.41) is 3.33. The minimum atomic E-state index is -0.275. The highest BCUT2D eigenvalue weighted by molar-refractivity contribution is 5.34. The average Bonchev–Trinajstić information content (AvgIpc) is 2.30. The first-order chi connectivity index (χ1) is 9.29. The summed E-state index contributed by atoms with van der Waals surface area (Å²) in [4.78, 5) is 0. The van der Waals surface area contributed by atoms with E-state index < -0.39 is 0 Å². The van der Waals surface area contributed by atoms with Crippen molar-refractivity contribution in [1.29, 1.82) is 0 Å². The number of rotatable bonds is 7. The maximum Gasteiger partial charge on any atom is 0.165 e. The third-order valence-corrected chi connectivity index (χ3v) is 3.02. The van der Waals surface area contributed by atoms with Crippen molar-refractivity contribution >= 4 is 0 Å². The maximum atomic E-state index is 13.9. The third-order valence-electron chi connectivity index (χ3n) is 3.02. The Kier molecular flexibility index (Phi) is 6.47. The predicted molar refractivity (Wildman–Crippen MR) is 82.5 cm³/mol. The molecule has 0 aliphatic rings. The zero-order valence-corrected chi connectivity index (χ0v) is 13.4. The molecule has 2 nitrogen and oxygen atoms in total. The van der Waals surface area contributed by atoms with Gasteiger partial charge in [0.05, 0.1) is 6.61 Å². The highest BCUT2D eigenvalue weighted by Crippen LogP contribution is 2.25. The molecule has 1 N–H and O–H groups in total. The fraction of sp³-hybridized carbons (Fsp3) is 0.647. The molecule has 0 heterocycles. The van der Waals surface area contributed by atoms with Crippen LogP contribution in [0.25, 0.3) is 0 Å². The van der Waals surface area contributed by atoms with Gasteiger partial charge in [0.1, 0.15) is 0 Å². The number of ether oxygens (including phenoxy) is 1. The molecule has 0 spiro atoms. The van der Waals surface area contributed by atoms with E-state index in [0.717, 1.165) is 18.5 Å². The molecule has 0 aliphatic heterocycles. The van der Waals surface area contributed by atoms with Crippen LogP contribution in [0.2, 0.25) is 0 Å². The molecule has 0 aromatic heterocycles. The quantitative estimate of drug-likeness (QED) is 0.800. The Balaban J connectivity index is 2.63. The molecule has 3 heteroatoms. The Morgan fingerprint density at radius 2 is 1.95 bits per heavy atom. The van der Waals surface area contributed by atoms with Crippen molar-refractivity contribution in [2.75, 3.05) is 13.2 Å². The Labute approximate surface area is 122 Å². The minimum absolute atomic E-state index is 0.196. The summed E-state index contributed by atoms with van der Waals surface area (Å²) in [6.07, 6.45) is 0.903. The molecule has 1 rings (SSSR count). The van der Waals surface area contributed by atoms with Gasteiger partial charge in [-0.2, -0.15) is 0 Å². The molecule has 1 aromatic rings. The van der Waals surface area contributed by atoms with Crippen LogP contribution in [0.5, 0.6) is 5.75 Å². The monoisotopic (exact) mass is 281 g/mol. The van der Waals surface area contributed by atoms with Gasteiger partial charge >= 0.3 is 0 Å². The van der Waals surface area contributed by atoms with Crippen LogP contribution in [0, 0.1) is 17.2 Å². The van der Waals surface area contributed by atoms with Crippen LogP contribution in [0.4, 0.5) is 4.39 Å². The molecule has 1 aromatic carbocycles. The van der Waals surface area contributed by atoms with E-state index in [2.05, 4.69) is 39.9 Å². The topological polar surface area (TPSA) is 21.3 Å². The molecule has 0 radical (unpaired) electrons. The first kappa shape index (κ1) is 17.0. The number of nitrogens with one attached hydrogen (secondary N) is 1. The van der Waals surface area contributed by atoms with Crippen molar-refractivity contribution in [2.45, 2.75) is 47.6 Å². The van der Waals surface area contributed by atoms with Crippen molar-refractivity contribution in [3.05, 3.63) is 29.6 Å². The lowest BCUT2D eigenvalue weighted by atomic mass is 9.93. The number of hydrogen-bond donors (Lipinski definition) is 1. The highest BCUT2D eigenvalue weighted by atomic mass is 19.1. The normalized spacial score (nSPS) is 11.9. The summed E-state index contributed by atoms with van der Waals surface area (Å²) in [6, 6.07) is 5.11. The van der Waals surface area contributed by atoms with E-state index in [0.29, 0.717) is 24.8 Å². The molecule has 0 saturated heterocycles. The molecule has 20 heavy (non-hydrogen) atoms. The number of benzene rings is 1. The summed E-state index contributed by atoms with van der Waals surface area (Å²) in [5.41, 5.74) is 1.08. The minimum Gasteiger partial charge on any atom is -0.490 e. The van der Waals surface area contributed by atoms with Gasteiger partial charge in [0.25, 0.3) is 0 Å². The second kappa shape index (κ2) is 7.63. The predicted octanol–water partition coefficient (Wildman–Crippen LogP) is 4.39. The van der Waals surface area contributed by atoms with E-state index in [-0.39, 0.29) is 11.2 Å². The van der Waals surface area contributed by atoms with E-state index in [1.807, 2.05) is 6.07 Å². The first-order valence-corrected chi connectivity index (χ1v) is 7.40. The lowest BCUT2D eigenvalue weighted by Gasteiger charge is -2.19. The molecule has 0 bridgehead atoms. The maximum absolute atomic E-state index is 13.9. The van der Waals surface area contributed by atoms with E-state index in [1.165, 1.54) is 6.07 Å². The van der Waals surface area contributed by atoms with Crippen LogP contribution in [-0.4, -0.2) is 13.2 Å². The molecular formula is C17H28FNO. The second-order valence-corrected chi connectivity index (χ2v) is 6.91. The van der Waals surface area contributed by atoms with Crippen molar-refractivity contribution in [3.8, 4) is 5.75 Å². The molecule has 0 aliphatic carbocycles. The lowest BCUT2D eigenvalue weighted by molar-refractivity contribution is 0.233. The fourth-order valence-electron chi connectivity index (χ4n) is 1.81. The van der Waals surface area contributed by atoms with E-state index in [9.17, 15) is 4.39 Å². The zero-order valence-electron chi connectivity index (χ0n) is 13.4. The van der Waals surface area contributed by atoms with Crippen LogP contribution >= 0.6 is 0 Å². The van der Waals surface area contributed by atoms with Gasteiger partial charge in [0.15, 0.2) is 11.6 Å². The van der Waals surface area contributed by atoms with E-state index in [4.69, 9.17) is 4.74 Å². The second-order valence-electron chi connectivity index (χ2n) is 6.91. The van der Waals surface area contributed by atoms with Gasteiger partial charge in [0.2, 0.25) is 0 Å². The molecule has 0 saturated carbocycles. The van der Waals surface area contributed by atoms with E-state index in [1.54, 1.807) is 6.07 Å². The fourth-order valence-corrected chi connectivity index (χ4v) is 1.81. The standard InChI is InChI=1S/C17H28FNO/c1-13(2)11-19-12-14-7-6-8-15(18)16(14)20-10-9-17(3,4)5/h6-8,13,19H,9-12H2,1-5H3. The Morgan fingerprint density at radius 1 is 1.25 bits per heavy atom. The van der Waals surface area contributed by atoms with Gasteiger partial charge < -0.3 is 10.1 Å². The number of halogens is 1. The van der Waals surface area contributed by atoms with Gasteiger partial charge in [-0.25, -0.2) is 4.39 Å². The Morgan fingerprint density at radius 3 is 2.55 bits per heavy atom. The van der Waals surface area contributed by atoms with Crippen LogP contribution in [0.1, 0.15) is 46.6 Å². The summed E-state index contributed by atoms with van der Waals surface area (Å²) < 4.78 is 19.6. The summed E-state index contributed by atoms with van der Waals surface area (Å²) >= 11 is 0. The first-order valence-electron chi connectivity index (χ1n) is 7.40.